The van der Waals surface area contributed by atoms with Gasteiger partial charge in [0.2, 0.25) is 0 Å². The summed E-state index contributed by atoms with van der Waals surface area (Å²) in [6.45, 7) is 5.37. The zero-order valence-electron chi connectivity index (χ0n) is 28.9. The van der Waals surface area contributed by atoms with E-state index in [0.717, 1.165) is 34.6 Å². The van der Waals surface area contributed by atoms with Crippen LogP contribution >= 0.6 is 0 Å². The molecule has 4 nitrogen and oxygen atoms in total. The SMILES string of the molecule is CCCCCCCCCCCC(=O)OC[CH2][Sn]([CH2]COC(=O)CCCCCCCCCCC)([c]1ccccc1)[c]1ccccc1. The van der Waals surface area contributed by atoms with Gasteiger partial charge in [-0.2, -0.15) is 0 Å². The van der Waals surface area contributed by atoms with Crippen molar-refractivity contribution in [3.8, 4) is 0 Å². The molecule has 0 saturated heterocycles. The molecule has 45 heavy (non-hydrogen) atoms. The van der Waals surface area contributed by atoms with Crippen molar-refractivity contribution in [2.45, 2.75) is 151 Å². The van der Waals surface area contributed by atoms with Gasteiger partial charge in [-0.05, 0) is 0 Å². The fraction of sp³-hybridized carbons (Fsp3) is 0.650. The van der Waals surface area contributed by atoms with E-state index in [0.29, 0.717) is 26.1 Å². The van der Waals surface area contributed by atoms with E-state index in [2.05, 4.69) is 74.5 Å². The number of hydrogen-bond acceptors (Lipinski definition) is 4. The van der Waals surface area contributed by atoms with Crippen molar-refractivity contribution < 1.29 is 19.1 Å². The molecule has 2 aromatic rings. The van der Waals surface area contributed by atoms with Crippen molar-refractivity contribution in [1.82, 2.24) is 0 Å². The van der Waals surface area contributed by atoms with Gasteiger partial charge in [0.05, 0.1) is 0 Å². The minimum absolute atomic E-state index is 0.0772. The second-order valence-corrected chi connectivity index (χ2v) is 25.2. The third-order valence-corrected chi connectivity index (χ3v) is 23.5. The molecule has 0 aromatic heterocycles. The second kappa shape index (κ2) is 26.3. The van der Waals surface area contributed by atoms with Gasteiger partial charge in [0.15, 0.2) is 0 Å². The van der Waals surface area contributed by atoms with Crippen LogP contribution in [0.1, 0.15) is 142 Å². The van der Waals surface area contributed by atoms with Crippen LogP contribution in [0.25, 0.3) is 0 Å². The third-order valence-electron chi connectivity index (χ3n) is 9.21. The summed E-state index contributed by atoms with van der Waals surface area (Å²) in [4.78, 5) is 25.3. The average molecular weight is 728 g/mol. The predicted octanol–water partition coefficient (Wildman–Crippen LogP) is 10.2. The van der Waals surface area contributed by atoms with Gasteiger partial charge in [-0.15, -0.1) is 0 Å². The van der Waals surface area contributed by atoms with E-state index in [1.807, 2.05) is 0 Å². The van der Waals surface area contributed by atoms with Crippen LogP contribution in [0.2, 0.25) is 8.87 Å². The van der Waals surface area contributed by atoms with Crippen LogP contribution in [0.3, 0.4) is 0 Å². The molecule has 0 aliphatic heterocycles. The molecule has 0 saturated carbocycles. The van der Waals surface area contributed by atoms with E-state index < -0.39 is 18.4 Å². The third kappa shape index (κ3) is 17.6. The van der Waals surface area contributed by atoms with E-state index in [9.17, 15) is 9.59 Å². The Morgan fingerprint density at radius 2 is 0.778 bits per heavy atom. The monoisotopic (exact) mass is 728 g/mol. The molecule has 0 bridgehead atoms. The maximum absolute atomic E-state index is 12.7. The Morgan fingerprint density at radius 3 is 1.11 bits per heavy atom. The molecule has 252 valence electrons. The Hall–Kier alpha value is -1.82. The first kappa shape index (κ1) is 39.4. The molecule has 2 rings (SSSR count). The van der Waals surface area contributed by atoms with E-state index in [-0.39, 0.29) is 11.9 Å². The summed E-state index contributed by atoms with van der Waals surface area (Å²) >= 11 is -3.36. The summed E-state index contributed by atoms with van der Waals surface area (Å²) in [5, 5.41) is 0. The summed E-state index contributed by atoms with van der Waals surface area (Å²) in [5.74, 6) is -0.154. The molecular formula is C40H64O4Sn. The Bertz CT molecular complexity index is 912. The quantitative estimate of drug-likeness (QED) is 0.0498. The summed E-state index contributed by atoms with van der Waals surface area (Å²) < 4.78 is 16.1. The second-order valence-electron chi connectivity index (χ2n) is 12.9. The van der Waals surface area contributed by atoms with E-state index in [1.54, 1.807) is 0 Å². The molecule has 0 heterocycles. The molecule has 0 amide bonds. The number of benzene rings is 2. The zero-order valence-corrected chi connectivity index (χ0v) is 31.7. The van der Waals surface area contributed by atoms with Crippen molar-refractivity contribution in [3.05, 3.63) is 60.7 Å². The number of rotatable bonds is 28. The van der Waals surface area contributed by atoms with Crippen LogP contribution in [0.4, 0.5) is 0 Å². The predicted molar refractivity (Wildman–Crippen MR) is 193 cm³/mol. The van der Waals surface area contributed by atoms with Crippen LogP contribution in [0, 0.1) is 0 Å². The number of carbonyl (C=O) groups is 2. The molecule has 0 N–H and O–H groups in total. The van der Waals surface area contributed by atoms with Crippen LogP contribution < -0.4 is 7.16 Å². The van der Waals surface area contributed by atoms with Crippen molar-refractivity contribution in [2.24, 2.45) is 0 Å². The minimum atomic E-state index is -3.36. The van der Waals surface area contributed by atoms with Crippen LogP contribution in [-0.4, -0.2) is 43.5 Å². The Labute approximate surface area is 280 Å². The van der Waals surface area contributed by atoms with Gasteiger partial charge in [-0.3, -0.25) is 0 Å². The molecule has 0 aliphatic carbocycles. The van der Waals surface area contributed by atoms with Crippen molar-refractivity contribution in [3.63, 3.8) is 0 Å². The Kier molecular flexibility index (Phi) is 23.0. The van der Waals surface area contributed by atoms with Gasteiger partial charge >= 0.3 is 242 Å². The Balaban J connectivity index is 1.85. The first-order chi connectivity index (χ1) is 22.1. The first-order valence-electron chi connectivity index (χ1n) is 18.5. The molecule has 0 aliphatic rings. The van der Waals surface area contributed by atoms with E-state index in [4.69, 9.17) is 9.47 Å². The van der Waals surface area contributed by atoms with Gasteiger partial charge in [0.25, 0.3) is 0 Å². The summed E-state index contributed by atoms with van der Waals surface area (Å²) in [5.41, 5.74) is 0. The maximum atomic E-state index is 12.7. The van der Waals surface area contributed by atoms with Crippen LogP contribution in [0.15, 0.2) is 60.7 Å². The van der Waals surface area contributed by atoms with Gasteiger partial charge in [-0.1, -0.05) is 39.5 Å². The molecule has 0 unspecified atom stereocenters. The average Bonchev–Trinajstić information content (AvgIpc) is 3.07. The van der Waals surface area contributed by atoms with Crippen LogP contribution in [0.5, 0.6) is 0 Å². The summed E-state index contributed by atoms with van der Waals surface area (Å²) in [6.07, 6.45) is 23.3. The number of hydrogen-bond donors (Lipinski definition) is 0. The van der Waals surface area contributed by atoms with Gasteiger partial charge in [0, 0.05) is 0 Å². The van der Waals surface area contributed by atoms with E-state index in [1.165, 1.54) is 97.1 Å². The van der Waals surface area contributed by atoms with Crippen molar-refractivity contribution in [1.29, 1.82) is 0 Å². The molecule has 0 fully saturated rings. The van der Waals surface area contributed by atoms with Gasteiger partial charge in [0.1, 0.15) is 0 Å². The van der Waals surface area contributed by atoms with Gasteiger partial charge < -0.3 is 0 Å². The number of carbonyl (C=O) groups excluding carboxylic acids is 2. The first-order valence-corrected chi connectivity index (χ1v) is 25.4. The van der Waals surface area contributed by atoms with Crippen molar-refractivity contribution in [2.75, 3.05) is 13.2 Å². The molecule has 0 spiro atoms. The van der Waals surface area contributed by atoms with Crippen LogP contribution in [-0.2, 0) is 19.1 Å². The standard InChI is InChI=1S/2C14H27O2.2C6H5.Sn/c2*1-3-5-6-7-8-9-10-11-12-13-14(15)16-4-2;2*1-2-4-6-5-3-1;/h2*2-13H2,1H3;2*1-5H;. The zero-order chi connectivity index (χ0) is 32.3. The fourth-order valence-electron chi connectivity index (χ4n) is 6.37. The number of unbranched alkanes of at least 4 members (excludes halogenated alkanes) is 16. The molecule has 5 heteroatoms. The molecular weight excluding hydrogens is 663 g/mol. The molecule has 0 atom stereocenters. The van der Waals surface area contributed by atoms with E-state index >= 15 is 0 Å². The summed E-state index contributed by atoms with van der Waals surface area (Å²) in [6, 6.07) is 21.5. The molecule has 2 aromatic carbocycles. The Morgan fingerprint density at radius 1 is 0.467 bits per heavy atom. The van der Waals surface area contributed by atoms with Gasteiger partial charge in [-0.25, -0.2) is 0 Å². The summed E-state index contributed by atoms with van der Waals surface area (Å²) in [7, 11) is 0. The number of ether oxygens (including phenoxy) is 2. The number of esters is 2. The molecule has 0 radical (unpaired) electrons. The topological polar surface area (TPSA) is 52.6 Å². The normalized spacial score (nSPS) is 11.4. The van der Waals surface area contributed by atoms with Crippen molar-refractivity contribution >= 4 is 37.5 Å². The fourth-order valence-corrected chi connectivity index (χ4v) is 18.6.